The van der Waals surface area contributed by atoms with Gasteiger partial charge in [-0.1, -0.05) is 56.0 Å². The van der Waals surface area contributed by atoms with Crippen LogP contribution in [0.4, 0.5) is 8.78 Å². The van der Waals surface area contributed by atoms with E-state index in [1.807, 2.05) is 0 Å². The lowest BCUT2D eigenvalue weighted by Gasteiger charge is -2.13. The summed E-state index contributed by atoms with van der Waals surface area (Å²) in [6.45, 7) is -1.94. The molecule has 0 heterocycles. The topological polar surface area (TPSA) is 69.4 Å². The van der Waals surface area contributed by atoms with Gasteiger partial charge in [-0.15, -0.1) is 0 Å². The first-order valence-electron chi connectivity index (χ1n) is 7.33. The minimum absolute atomic E-state index is 0. The van der Waals surface area contributed by atoms with Crippen LogP contribution in [0.25, 0.3) is 0 Å². The maximum Gasteiger partial charge on any atom is 0.310 e. The highest BCUT2D eigenvalue weighted by Crippen LogP contribution is 2.14. The van der Waals surface area contributed by atoms with Crippen molar-refractivity contribution < 1.29 is 23.1 Å². The number of hydrogen-bond donors (Lipinski definition) is 1. The summed E-state index contributed by atoms with van der Waals surface area (Å²) in [6, 6.07) is 15.1. The van der Waals surface area contributed by atoms with Crippen molar-refractivity contribution in [2.45, 2.75) is 19.8 Å². The van der Waals surface area contributed by atoms with Gasteiger partial charge < -0.3 is 10.5 Å². The zero-order chi connectivity index (χ0) is 17.6. The van der Waals surface area contributed by atoms with Crippen LogP contribution in [0.1, 0.15) is 28.9 Å². The van der Waals surface area contributed by atoms with E-state index in [0.29, 0.717) is 16.7 Å². The average molecular weight is 349 g/mol. The smallest absolute Gasteiger partial charge is 0.310 e. The Bertz CT molecular complexity index is 718. The van der Waals surface area contributed by atoms with E-state index in [0.717, 1.165) is 0 Å². The van der Waals surface area contributed by atoms with Gasteiger partial charge in [0.2, 0.25) is 0 Å². The number of ketones is 1. The van der Waals surface area contributed by atoms with Gasteiger partial charge in [0.15, 0.2) is 12.4 Å². The summed E-state index contributed by atoms with van der Waals surface area (Å²) in [5, 5.41) is 0. The Morgan fingerprint density at radius 3 is 2.28 bits per heavy atom. The molecule has 0 bridgehead atoms. The second-order valence-electron chi connectivity index (χ2n) is 5.29. The van der Waals surface area contributed by atoms with Gasteiger partial charge in [0.25, 0.3) is 5.92 Å². The Kier molecular flexibility index (Phi) is 7.39. The van der Waals surface area contributed by atoms with E-state index in [1.165, 1.54) is 0 Å². The molecule has 0 atom stereocenters. The van der Waals surface area contributed by atoms with Gasteiger partial charge >= 0.3 is 5.97 Å². The molecule has 0 amide bonds. The molecule has 2 N–H and O–H groups in total. The van der Waals surface area contributed by atoms with Crippen molar-refractivity contribution in [1.82, 2.24) is 0 Å². The predicted octanol–water partition coefficient (Wildman–Crippen LogP) is 3.23. The summed E-state index contributed by atoms with van der Waals surface area (Å²) in [5.41, 5.74) is 6.33. The number of benzene rings is 2. The molecule has 0 radical (unpaired) electrons. The number of hydrogen-bond acceptors (Lipinski definition) is 4. The summed E-state index contributed by atoms with van der Waals surface area (Å²) in [7, 11) is 0. The first-order chi connectivity index (χ1) is 11.4. The van der Waals surface area contributed by atoms with Gasteiger partial charge in [-0.25, -0.2) is 8.78 Å². The number of ether oxygens (including phenoxy) is 1. The first-order valence-corrected chi connectivity index (χ1v) is 7.33. The molecule has 2 rings (SSSR count). The molecule has 0 aliphatic carbocycles. The molecule has 0 aliphatic rings. The molecule has 4 nitrogen and oxygen atoms in total. The number of carbonyl (C=O) groups excluding carboxylic acids is 2. The molecule has 0 aromatic heterocycles. The van der Waals surface area contributed by atoms with E-state index in [-0.39, 0.29) is 19.6 Å². The zero-order valence-electron chi connectivity index (χ0n) is 12.9. The zero-order valence-corrected chi connectivity index (χ0v) is 12.9. The van der Waals surface area contributed by atoms with E-state index in [4.69, 9.17) is 5.73 Å². The third-order valence-electron chi connectivity index (χ3n) is 3.32. The standard InChI is InChI=1S/C18H17F2NO3.CH4/c19-18(20,11-21)12-24-16(22)10-13-5-4-8-15(9-13)17(23)14-6-2-1-3-7-14;/h1-9H,10-12,21H2;1H4. The first kappa shape index (κ1) is 20.4. The van der Waals surface area contributed by atoms with E-state index in [9.17, 15) is 18.4 Å². The fourth-order valence-corrected chi connectivity index (χ4v) is 2.04. The van der Waals surface area contributed by atoms with E-state index in [2.05, 4.69) is 4.74 Å². The molecule has 0 fully saturated rings. The Hall–Kier alpha value is -2.60. The molecular formula is C19H21F2NO3. The van der Waals surface area contributed by atoms with Crippen molar-refractivity contribution >= 4 is 11.8 Å². The molecule has 2 aromatic carbocycles. The van der Waals surface area contributed by atoms with E-state index in [1.54, 1.807) is 54.6 Å². The molecule has 0 spiro atoms. The highest BCUT2D eigenvalue weighted by molar-refractivity contribution is 6.09. The molecule has 0 saturated heterocycles. The quantitative estimate of drug-likeness (QED) is 0.615. The molecule has 25 heavy (non-hydrogen) atoms. The lowest BCUT2D eigenvalue weighted by Crippen LogP contribution is -2.34. The largest absolute Gasteiger partial charge is 0.459 e. The van der Waals surface area contributed by atoms with Crippen LogP contribution in [0.15, 0.2) is 54.6 Å². The monoisotopic (exact) mass is 349 g/mol. The van der Waals surface area contributed by atoms with Crippen LogP contribution in [0.5, 0.6) is 0 Å². The number of alkyl halides is 2. The molecule has 0 unspecified atom stereocenters. The number of carbonyl (C=O) groups is 2. The molecule has 6 heteroatoms. The van der Waals surface area contributed by atoms with Gasteiger partial charge in [-0.2, -0.15) is 0 Å². The van der Waals surface area contributed by atoms with E-state index < -0.39 is 25.0 Å². The van der Waals surface area contributed by atoms with Crippen molar-refractivity contribution in [3.05, 3.63) is 71.3 Å². The Morgan fingerprint density at radius 1 is 1.00 bits per heavy atom. The van der Waals surface area contributed by atoms with Crippen LogP contribution in [0.3, 0.4) is 0 Å². The van der Waals surface area contributed by atoms with Gasteiger partial charge in [0, 0.05) is 11.1 Å². The van der Waals surface area contributed by atoms with Crippen LogP contribution in [-0.2, 0) is 16.0 Å². The lowest BCUT2D eigenvalue weighted by atomic mass is 10.0. The summed E-state index contributed by atoms with van der Waals surface area (Å²) >= 11 is 0. The number of halogens is 2. The van der Waals surface area contributed by atoms with Gasteiger partial charge in [-0.05, 0) is 11.6 Å². The highest BCUT2D eigenvalue weighted by atomic mass is 19.3. The Balaban J connectivity index is 0.00000312. The molecule has 0 saturated carbocycles. The van der Waals surface area contributed by atoms with Crippen molar-refractivity contribution in [3.8, 4) is 0 Å². The fourth-order valence-electron chi connectivity index (χ4n) is 2.04. The average Bonchev–Trinajstić information content (AvgIpc) is 2.60. The highest BCUT2D eigenvalue weighted by Gasteiger charge is 2.28. The van der Waals surface area contributed by atoms with Crippen molar-refractivity contribution in [3.63, 3.8) is 0 Å². The van der Waals surface area contributed by atoms with Crippen LogP contribution >= 0.6 is 0 Å². The second kappa shape index (κ2) is 9.03. The van der Waals surface area contributed by atoms with Gasteiger partial charge in [-0.3, -0.25) is 9.59 Å². The molecule has 134 valence electrons. The van der Waals surface area contributed by atoms with Crippen LogP contribution in [-0.4, -0.2) is 30.8 Å². The number of esters is 1. The van der Waals surface area contributed by atoms with Crippen molar-refractivity contribution in [2.24, 2.45) is 5.73 Å². The summed E-state index contributed by atoms with van der Waals surface area (Å²) in [5.74, 6) is -4.21. The van der Waals surface area contributed by atoms with Gasteiger partial charge in [0.05, 0.1) is 13.0 Å². The third kappa shape index (κ3) is 6.08. The van der Waals surface area contributed by atoms with Crippen LogP contribution < -0.4 is 5.73 Å². The van der Waals surface area contributed by atoms with Gasteiger partial charge in [0.1, 0.15) is 0 Å². The maximum absolute atomic E-state index is 13.0. The summed E-state index contributed by atoms with van der Waals surface area (Å²) < 4.78 is 30.5. The SMILES string of the molecule is C.NCC(F)(F)COC(=O)Cc1cccc(C(=O)c2ccccc2)c1. The molecular weight excluding hydrogens is 328 g/mol. The number of nitrogens with two attached hydrogens (primary N) is 1. The molecule has 2 aromatic rings. The lowest BCUT2D eigenvalue weighted by molar-refractivity contribution is -0.153. The number of rotatable bonds is 7. The summed E-state index contributed by atoms with van der Waals surface area (Å²) in [4.78, 5) is 24.0. The maximum atomic E-state index is 13.0. The van der Waals surface area contributed by atoms with Crippen molar-refractivity contribution in [1.29, 1.82) is 0 Å². The summed E-state index contributed by atoms with van der Waals surface area (Å²) in [6.07, 6.45) is -0.198. The minimum Gasteiger partial charge on any atom is -0.459 e. The van der Waals surface area contributed by atoms with E-state index >= 15 is 0 Å². The Labute approximate surface area is 145 Å². The molecule has 0 aliphatic heterocycles. The normalized spacial score (nSPS) is 10.7. The Morgan fingerprint density at radius 2 is 1.64 bits per heavy atom. The second-order valence-corrected chi connectivity index (χ2v) is 5.29. The fraction of sp³-hybridized carbons (Fsp3) is 0.263. The third-order valence-corrected chi connectivity index (χ3v) is 3.32. The van der Waals surface area contributed by atoms with Crippen LogP contribution in [0.2, 0.25) is 0 Å². The minimum atomic E-state index is -3.24. The van der Waals surface area contributed by atoms with Crippen LogP contribution in [0, 0.1) is 0 Å². The van der Waals surface area contributed by atoms with Crippen molar-refractivity contribution in [2.75, 3.05) is 13.2 Å². The predicted molar refractivity (Wildman–Crippen MR) is 91.7 cm³/mol.